The molecule has 0 saturated carbocycles. The van der Waals surface area contributed by atoms with Gasteiger partial charge in [-0.1, -0.05) is 18.2 Å². The van der Waals surface area contributed by atoms with Gasteiger partial charge in [-0.05, 0) is 12.1 Å². The quantitative estimate of drug-likeness (QED) is 0.778. The number of aromatic nitrogens is 1. The van der Waals surface area contributed by atoms with Crippen molar-refractivity contribution in [2.75, 3.05) is 6.26 Å². The van der Waals surface area contributed by atoms with E-state index >= 15 is 0 Å². The van der Waals surface area contributed by atoms with Crippen LogP contribution in [0.15, 0.2) is 50.8 Å². The average molecular weight is 239 g/mol. The molecule has 1 heterocycles. The van der Waals surface area contributed by atoms with Gasteiger partial charge in [0.1, 0.15) is 6.26 Å². The lowest BCUT2D eigenvalue weighted by Gasteiger charge is -2.03. The van der Waals surface area contributed by atoms with E-state index in [0.29, 0.717) is 5.69 Å². The number of sulfone groups is 1. The zero-order valence-electron chi connectivity index (χ0n) is 8.45. The Morgan fingerprint density at radius 2 is 1.81 bits per heavy atom. The highest BCUT2D eigenvalue weighted by Crippen LogP contribution is 2.13. The first-order valence-corrected chi connectivity index (χ1v) is 6.35. The Hall–Kier alpha value is -1.82. The summed E-state index contributed by atoms with van der Waals surface area (Å²) in [6, 6.07) is 8.45. The van der Waals surface area contributed by atoms with Crippen molar-refractivity contribution < 1.29 is 12.8 Å². The summed E-state index contributed by atoms with van der Waals surface area (Å²) in [5.41, 5.74) is 0.460. The molecule has 16 heavy (non-hydrogen) atoms. The van der Waals surface area contributed by atoms with E-state index in [0.717, 1.165) is 17.1 Å². The standard InChI is InChI=1S/C10H9NO4S/c1-16(13,14)9-7-15-10(12)11(9)8-5-3-2-4-6-8/h2-7H,1H3. The fourth-order valence-electron chi connectivity index (χ4n) is 1.36. The molecule has 0 saturated heterocycles. The van der Waals surface area contributed by atoms with E-state index < -0.39 is 15.6 Å². The third kappa shape index (κ3) is 1.79. The molecule has 0 fully saturated rings. The number of oxazole rings is 1. The van der Waals surface area contributed by atoms with Gasteiger partial charge in [0.15, 0.2) is 14.9 Å². The molecule has 0 N–H and O–H groups in total. The van der Waals surface area contributed by atoms with Crippen molar-refractivity contribution in [3.05, 3.63) is 47.1 Å². The highest BCUT2D eigenvalue weighted by molar-refractivity contribution is 7.90. The first-order chi connectivity index (χ1) is 7.50. The number of benzene rings is 1. The first kappa shape index (κ1) is 10.7. The van der Waals surface area contributed by atoms with E-state index in [1.807, 2.05) is 0 Å². The first-order valence-electron chi connectivity index (χ1n) is 4.46. The molecule has 1 aromatic carbocycles. The van der Waals surface area contributed by atoms with Crippen molar-refractivity contribution in [3.8, 4) is 5.69 Å². The summed E-state index contributed by atoms with van der Waals surface area (Å²) >= 11 is 0. The predicted molar refractivity (Wildman–Crippen MR) is 57.4 cm³/mol. The summed E-state index contributed by atoms with van der Waals surface area (Å²) in [5.74, 6) is -0.716. The predicted octanol–water partition coefficient (Wildman–Crippen LogP) is 0.834. The van der Waals surface area contributed by atoms with Crippen LogP contribution in [-0.2, 0) is 9.84 Å². The summed E-state index contributed by atoms with van der Waals surface area (Å²) in [6.45, 7) is 0. The number of rotatable bonds is 2. The van der Waals surface area contributed by atoms with E-state index in [1.165, 1.54) is 0 Å². The molecule has 0 aliphatic rings. The summed E-state index contributed by atoms with van der Waals surface area (Å²) in [5, 5.41) is -0.149. The van der Waals surface area contributed by atoms with Gasteiger partial charge in [-0.3, -0.25) is 0 Å². The summed E-state index contributed by atoms with van der Waals surface area (Å²) in [4.78, 5) is 11.4. The van der Waals surface area contributed by atoms with Crippen molar-refractivity contribution in [1.82, 2.24) is 4.57 Å². The topological polar surface area (TPSA) is 69.3 Å². The Balaban J connectivity index is 2.76. The van der Waals surface area contributed by atoms with Crippen LogP contribution in [0.1, 0.15) is 0 Å². The van der Waals surface area contributed by atoms with Crippen LogP contribution in [0.3, 0.4) is 0 Å². The molecule has 0 spiro atoms. The second-order valence-electron chi connectivity index (χ2n) is 3.28. The fourth-order valence-corrected chi connectivity index (χ4v) is 2.09. The van der Waals surface area contributed by atoms with Crippen molar-refractivity contribution in [2.24, 2.45) is 0 Å². The van der Waals surface area contributed by atoms with Crippen molar-refractivity contribution in [3.63, 3.8) is 0 Å². The normalized spacial score (nSPS) is 11.6. The Labute approximate surface area is 91.9 Å². The lowest BCUT2D eigenvalue weighted by Crippen LogP contribution is -2.16. The van der Waals surface area contributed by atoms with Crippen LogP contribution < -0.4 is 5.76 Å². The molecule has 0 radical (unpaired) electrons. The van der Waals surface area contributed by atoms with E-state index in [2.05, 4.69) is 4.42 Å². The zero-order valence-corrected chi connectivity index (χ0v) is 9.27. The molecule has 0 aliphatic heterocycles. The van der Waals surface area contributed by atoms with E-state index in [4.69, 9.17) is 0 Å². The molecule has 0 atom stereocenters. The van der Waals surface area contributed by atoms with Crippen LogP contribution in [0.5, 0.6) is 0 Å². The molecule has 0 aliphatic carbocycles. The minimum atomic E-state index is -3.49. The molecule has 84 valence electrons. The molecule has 2 aromatic rings. The van der Waals surface area contributed by atoms with Gasteiger partial charge < -0.3 is 4.42 Å². The highest BCUT2D eigenvalue weighted by Gasteiger charge is 2.18. The third-order valence-corrected chi connectivity index (χ3v) is 3.10. The molecular weight excluding hydrogens is 230 g/mol. The van der Waals surface area contributed by atoms with Gasteiger partial charge in [-0.25, -0.2) is 17.8 Å². The van der Waals surface area contributed by atoms with E-state index in [9.17, 15) is 13.2 Å². The van der Waals surface area contributed by atoms with Crippen LogP contribution >= 0.6 is 0 Å². The number of nitrogens with zero attached hydrogens (tertiary/aromatic N) is 1. The van der Waals surface area contributed by atoms with Crippen molar-refractivity contribution in [2.45, 2.75) is 5.03 Å². The van der Waals surface area contributed by atoms with Crippen LogP contribution in [0.25, 0.3) is 5.69 Å². The molecule has 0 bridgehead atoms. The van der Waals surface area contributed by atoms with Gasteiger partial charge in [-0.15, -0.1) is 0 Å². The number of para-hydroxylation sites is 1. The SMILES string of the molecule is CS(=O)(=O)c1coc(=O)n1-c1ccccc1. The fraction of sp³-hybridized carbons (Fsp3) is 0.100. The maximum absolute atomic E-state index is 11.4. The van der Waals surface area contributed by atoms with Crippen LogP contribution in [0.4, 0.5) is 0 Å². The van der Waals surface area contributed by atoms with Crippen molar-refractivity contribution >= 4 is 9.84 Å². The minimum Gasteiger partial charge on any atom is -0.415 e. The second-order valence-corrected chi connectivity index (χ2v) is 5.25. The van der Waals surface area contributed by atoms with Gasteiger partial charge in [0.25, 0.3) is 0 Å². The van der Waals surface area contributed by atoms with E-state index in [1.54, 1.807) is 30.3 Å². The van der Waals surface area contributed by atoms with Gasteiger partial charge in [0, 0.05) is 6.26 Å². The Kier molecular flexibility index (Phi) is 2.43. The number of hydrogen-bond donors (Lipinski definition) is 0. The van der Waals surface area contributed by atoms with E-state index in [-0.39, 0.29) is 5.03 Å². The van der Waals surface area contributed by atoms with Crippen molar-refractivity contribution in [1.29, 1.82) is 0 Å². The Bertz CT molecular complexity index is 652. The monoisotopic (exact) mass is 239 g/mol. The van der Waals surface area contributed by atoms with Crippen LogP contribution in [0.2, 0.25) is 0 Å². The Morgan fingerprint density at radius 3 is 2.38 bits per heavy atom. The lowest BCUT2D eigenvalue weighted by atomic mass is 10.3. The summed E-state index contributed by atoms with van der Waals surface area (Å²) in [6.07, 6.45) is 1.97. The largest absolute Gasteiger partial charge is 0.424 e. The maximum Gasteiger partial charge on any atom is 0.424 e. The molecule has 6 heteroatoms. The third-order valence-electron chi connectivity index (χ3n) is 2.06. The molecule has 5 nitrogen and oxygen atoms in total. The molecule has 0 amide bonds. The molecule has 2 rings (SSSR count). The lowest BCUT2D eigenvalue weighted by molar-refractivity contribution is 0.504. The minimum absolute atomic E-state index is 0.149. The van der Waals surface area contributed by atoms with Gasteiger partial charge >= 0.3 is 5.76 Å². The Morgan fingerprint density at radius 1 is 1.19 bits per heavy atom. The maximum atomic E-state index is 11.4. The van der Waals surface area contributed by atoms with Crippen LogP contribution in [0, 0.1) is 0 Å². The highest BCUT2D eigenvalue weighted by atomic mass is 32.2. The molecular formula is C10H9NO4S. The van der Waals surface area contributed by atoms with Crippen LogP contribution in [-0.4, -0.2) is 19.2 Å². The smallest absolute Gasteiger partial charge is 0.415 e. The van der Waals surface area contributed by atoms with Gasteiger partial charge in [0.05, 0.1) is 5.69 Å². The molecule has 0 unspecified atom stereocenters. The zero-order chi connectivity index (χ0) is 11.8. The average Bonchev–Trinajstić information content (AvgIpc) is 2.61. The molecule has 1 aromatic heterocycles. The van der Waals surface area contributed by atoms with Gasteiger partial charge in [0.2, 0.25) is 0 Å². The second kappa shape index (κ2) is 3.64. The number of hydrogen-bond acceptors (Lipinski definition) is 4. The summed E-state index contributed by atoms with van der Waals surface area (Å²) < 4.78 is 28.5. The summed E-state index contributed by atoms with van der Waals surface area (Å²) in [7, 11) is -3.49. The van der Waals surface area contributed by atoms with Gasteiger partial charge in [-0.2, -0.15) is 0 Å².